The summed E-state index contributed by atoms with van der Waals surface area (Å²) in [5.41, 5.74) is 2.00. The van der Waals surface area contributed by atoms with Gasteiger partial charge in [0.2, 0.25) is 5.95 Å². The summed E-state index contributed by atoms with van der Waals surface area (Å²) in [6.07, 6.45) is 0. The highest BCUT2D eigenvalue weighted by molar-refractivity contribution is 5.77. The number of ether oxygens (including phenoxy) is 1. The molecule has 0 aliphatic carbocycles. The van der Waals surface area contributed by atoms with Gasteiger partial charge in [0.05, 0.1) is 13.7 Å². The molecule has 1 atom stereocenters. The zero-order valence-electron chi connectivity index (χ0n) is 18.4. The molecule has 3 heterocycles. The summed E-state index contributed by atoms with van der Waals surface area (Å²) < 4.78 is 10.1. The minimum absolute atomic E-state index is 0.220. The van der Waals surface area contributed by atoms with Gasteiger partial charge in [0, 0.05) is 31.9 Å². The minimum atomic E-state index is -0.372. The van der Waals surface area contributed by atoms with Crippen LogP contribution in [-0.4, -0.2) is 32.3 Å². The van der Waals surface area contributed by atoms with E-state index in [4.69, 9.17) is 9.72 Å². The summed E-state index contributed by atoms with van der Waals surface area (Å²) in [7, 11) is 3.31. The first-order valence-electron chi connectivity index (χ1n) is 10.6. The van der Waals surface area contributed by atoms with Crippen molar-refractivity contribution < 1.29 is 4.74 Å². The summed E-state index contributed by atoms with van der Waals surface area (Å²) in [5.74, 6) is 1.70. The Morgan fingerprint density at radius 2 is 1.84 bits per heavy atom. The normalized spacial score (nSPS) is 15.7. The number of hydrogen-bond acceptors (Lipinski definition) is 5. The zero-order chi connectivity index (χ0) is 22.4. The fraction of sp³-hybridized carbons (Fsp3) is 0.292. The molecule has 4 aromatic rings. The smallest absolute Gasteiger partial charge is 0.332 e. The van der Waals surface area contributed by atoms with Crippen molar-refractivity contribution in [2.45, 2.75) is 20.0 Å². The number of methoxy groups -OCH3 is 1. The predicted molar refractivity (Wildman–Crippen MR) is 124 cm³/mol. The fourth-order valence-corrected chi connectivity index (χ4v) is 4.41. The third kappa shape index (κ3) is 3.19. The molecule has 0 amide bonds. The van der Waals surface area contributed by atoms with Crippen molar-refractivity contribution in [3.63, 3.8) is 0 Å². The Balaban J connectivity index is 1.72. The van der Waals surface area contributed by atoms with Gasteiger partial charge in [-0.15, -0.1) is 0 Å². The molecule has 5 rings (SSSR count). The Morgan fingerprint density at radius 3 is 2.59 bits per heavy atom. The molecule has 32 heavy (non-hydrogen) atoms. The molecule has 0 spiro atoms. The van der Waals surface area contributed by atoms with Crippen LogP contribution in [0, 0.1) is 5.92 Å². The minimum Gasteiger partial charge on any atom is -0.497 e. The van der Waals surface area contributed by atoms with E-state index in [0.29, 0.717) is 23.7 Å². The second-order valence-corrected chi connectivity index (χ2v) is 8.33. The van der Waals surface area contributed by atoms with Crippen LogP contribution in [0.3, 0.4) is 0 Å². The Labute approximate surface area is 184 Å². The van der Waals surface area contributed by atoms with Gasteiger partial charge in [-0.3, -0.25) is 13.9 Å². The number of rotatable bonds is 4. The highest BCUT2D eigenvalue weighted by Gasteiger charge is 2.30. The summed E-state index contributed by atoms with van der Waals surface area (Å²) in [4.78, 5) is 33.5. The van der Waals surface area contributed by atoms with Gasteiger partial charge in [-0.1, -0.05) is 43.3 Å². The second-order valence-electron chi connectivity index (χ2n) is 8.33. The van der Waals surface area contributed by atoms with E-state index in [1.807, 2.05) is 59.2 Å². The van der Waals surface area contributed by atoms with Gasteiger partial charge in [0.25, 0.3) is 5.56 Å². The molecular formula is C24H25N5O3. The van der Waals surface area contributed by atoms with E-state index in [-0.39, 0.29) is 23.7 Å². The molecule has 164 valence electrons. The standard InChI is InChI=1S/C24H25N5O3/c1-16-13-27(18-10-7-11-19(12-18)32-3)23-25-21-20(28(23)14-16)22(30)29(24(31)26(21)2)15-17-8-5-4-6-9-17/h4-12,16H,13-15H2,1-3H3/t16-/m1/s1. The molecule has 1 aliphatic rings. The van der Waals surface area contributed by atoms with Gasteiger partial charge in [0.15, 0.2) is 11.2 Å². The molecular weight excluding hydrogens is 406 g/mol. The van der Waals surface area contributed by atoms with E-state index in [1.54, 1.807) is 14.2 Å². The summed E-state index contributed by atoms with van der Waals surface area (Å²) in [6.45, 7) is 3.78. The SMILES string of the molecule is COc1cccc(N2C[C@@H](C)Cn3c2nc2c3c(=O)n(Cc3ccccc3)c(=O)n2C)c1. The van der Waals surface area contributed by atoms with Crippen LogP contribution in [0.4, 0.5) is 11.6 Å². The number of nitrogens with zero attached hydrogens (tertiary/aromatic N) is 5. The number of aryl methyl sites for hydroxylation is 1. The Morgan fingerprint density at radius 1 is 1.06 bits per heavy atom. The molecule has 0 fully saturated rings. The predicted octanol–water partition coefficient (Wildman–Crippen LogP) is 2.74. The number of benzene rings is 2. The highest BCUT2D eigenvalue weighted by Crippen LogP contribution is 2.34. The molecule has 0 saturated heterocycles. The van der Waals surface area contributed by atoms with E-state index in [0.717, 1.165) is 23.5 Å². The third-order valence-corrected chi connectivity index (χ3v) is 5.99. The summed E-state index contributed by atoms with van der Waals surface area (Å²) >= 11 is 0. The van der Waals surface area contributed by atoms with Gasteiger partial charge < -0.3 is 14.2 Å². The van der Waals surface area contributed by atoms with Crippen molar-refractivity contribution in [2.75, 3.05) is 18.6 Å². The fourth-order valence-electron chi connectivity index (χ4n) is 4.41. The lowest BCUT2D eigenvalue weighted by atomic mass is 10.1. The van der Waals surface area contributed by atoms with Crippen molar-refractivity contribution in [3.8, 4) is 5.75 Å². The van der Waals surface area contributed by atoms with Crippen molar-refractivity contribution in [1.29, 1.82) is 0 Å². The molecule has 1 aliphatic heterocycles. The maximum absolute atomic E-state index is 13.5. The Bertz CT molecular complexity index is 1420. The number of anilines is 2. The molecule has 8 heteroatoms. The number of imidazole rings is 1. The zero-order valence-corrected chi connectivity index (χ0v) is 18.4. The van der Waals surface area contributed by atoms with Gasteiger partial charge in [0.1, 0.15) is 5.75 Å². The van der Waals surface area contributed by atoms with Gasteiger partial charge in [-0.2, -0.15) is 4.98 Å². The number of hydrogen-bond donors (Lipinski definition) is 0. The summed E-state index contributed by atoms with van der Waals surface area (Å²) in [6, 6.07) is 17.3. The first-order chi connectivity index (χ1) is 15.5. The van der Waals surface area contributed by atoms with Crippen molar-refractivity contribution in [1.82, 2.24) is 18.7 Å². The maximum Gasteiger partial charge on any atom is 0.332 e. The van der Waals surface area contributed by atoms with Crippen LogP contribution in [0.1, 0.15) is 12.5 Å². The molecule has 2 aromatic heterocycles. The van der Waals surface area contributed by atoms with E-state index in [1.165, 1.54) is 9.13 Å². The lowest BCUT2D eigenvalue weighted by molar-refractivity contribution is 0.414. The van der Waals surface area contributed by atoms with E-state index >= 15 is 0 Å². The third-order valence-electron chi connectivity index (χ3n) is 5.99. The van der Waals surface area contributed by atoms with Crippen molar-refractivity contribution >= 4 is 22.8 Å². The van der Waals surface area contributed by atoms with Crippen LogP contribution in [0.5, 0.6) is 5.75 Å². The van der Waals surface area contributed by atoms with Gasteiger partial charge >= 0.3 is 5.69 Å². The number of fused-ring (bicyclic) bond motifs is 3. The topological polar surface area (TPSA) is 74.3 Å². The first kappa shape index (κ1) is 20.1. The van der Waals surface area contributed by atoms with Crippen molar-refractivity contribution in [3.05, 3.63) is 81.0 Å². The lowest BCUT2D eigenvalue weighted by Crippen LogP contribution is -2.40. The van der Waals surface area contributed by atoms with Crippen LogP contribution in [0.2, 0.25) is 0 Å². The van der Waals surface area contributed by atoms with Crippen LogP contribution in [0.15, 0.2) is 64.2 Å². The maximum atomic E-state index is 13.5. The first-order valence-corrected chi connectivity index (χ1v) is 10.6. The number of aromatic nitrogens is 4. The Hall–Kier alpha value is -3.81. The van der Waals surface area contributed by atoms with Crippen LogP contribution >= 0.6 is 0 Å². The molecule has 0 radical (unpaired) electrons. The van der Waals surface area contributed by atoms with Crippen LogP contribution in [-0.2, 0) is 20.1 Å². The van der Waals surface area contributed by atoms with Crippen LogP contribution in [0.25, 0.3) is 11.2 Å². The highest BCUT2D eigenvalue weighted by atomic mass is 16.5. The Kier molecular flexibility index (Phi) is 4.84. The van der Waals surface area contributed by atoms with E-state index < -0.39 is 0 Å². The quantitative estimate of drug-likeness (QED) is 0.497. The molecule has 0 unspecified atom stereocenters. The van der Waals surface area contributed by atoms with Crippen LogP contribution < -0.4 is 20.9 Å². The summed E-state index contributed by atoms with van der Waals surface area (Å²) in [5, 5.41) is 0. The molecule has 0 saturated carbocycles. The largest absolute Gasteiger partial charge is 0.497 e. The second kappa shape index (κ2) is 7.71. The molecule has 0 bridgehead atoms. The lowest BCUT2D eigenvalue weighted by Gasteiger charge is -2.33. The average Bonchev–Trinajstić information content (AvgIpc) is 3.20. The molecule has 2 aromatic carbocycles. The average molecular weight is 431 g/mol. The van der Waals surface area contributed by atoms with Gasteiger partial charge in [-0.05, 0) is 23.6 Å². The monoisotopic (exact) mass is 431 g/mol. The van der Waals surface area contributed by atoms with Crippen molar-refractivity contribution in [2.24, 2.45) is 13.0 Å². The van der Waals surface area contributed by atoms with E-state index in [2.05, 4.69) is 11.8 Å². The van der Waals surface area contributed by atoms with E-state index in [9.17, 15) is 9.59 Å². The van der Waals surface area contributed by atoms with Gasteiger partial charge in [-0.25, -0.2) is 4.79 Å². The molecule has 0 N–H and O–H groups in total. The molecule has 8 nitrogen and oxygen atoms in total.